The van der Waals surface area contributed by atoms with Gasteiger partial charge in [-0.25, -0.2) is 0 Å². The van der Waals surface area contributed by atoms with E-state index in [-0.39, 0.29) is 5.91 Å². The van der Waals surface area contributed by atoms with Crippen LogP contribution in [0.3, 0.4) is 0 Å². The number of amides is 2. The molecular formula is C11H14N2O3S. The molecule has 1 aromatic heterocycles. The third kappa shape index (κ3) is 2.65. The fourth-order valence-corrected chi connectivity index (χ4v) is 2.69. The number of carbonyl (C=O) groups excluding carboxylic acids is 2. The Balaban J connectivity index is 2.12. The highest BCUT2D eigenvalue weighted by atomic mass is 32.1. The van der Waals surface area contributed by atoms with Crippen LogP contribution in [0.2, 0.25) is 0 Å². The van der Waals surface area contributed by atoms with Crippen LogP contribution in [-0.4, -0.2) is 24.5 Å². The van der Waals surface area contributed by atoms with Crippen LogP contribution in [0.25, 0.3) is 0 Å². The average Bonchev–Trinajstić information content (AvgIpc) is 2.86. The number of ether oxygens (including phenoxy) is 1. The normalized spacial score (nSPS) is 19.2. The van der Waals surface area contributed by atoms with Crippen molar-refractivity contribution >= 4 is 28.2 Å². The highest BCUT2D eigenvalue weighted by molar-refractivity contribution is 7.16. The molecule has 0 aromatic carbocycles. The molecule has 6 heteroatoms. The Hall–Kier alpha value is -1.40. The molecule has 1 unspecified atom stereocenters. The lowest BCUT2D eigenvalue weighted by atomic mass is 10.2. The lowest BCUT2D eigenvalue weighted by molar-refractivity contribution is -0.124. The molecule has 0 aliphatic carbocycles. The van der Waals surface area contributed by atoms with E-state index in [0.717, 1.165) is 17.7 Å². The molecule has 0 bridgehead atoms. The molecule has 3 N–H and O–H groups in total. The molecule has 1 aliphatic heterocycles. The Kier molecular flexibility index (Phi) is 3.44. The largest absolute Gasteiger partial charge is 0.368 e. The zero-order valence-electron chi connectivity index (χ0n) is 9.49. The molecule has 2 amide bonds. The summed E-state index contributed by atoms with van der Waals surface area (Å²) < 4.78 is 5.27. The van der Waals surface area contributed by atoms with E-state index >= 15 is 0 Å². The molecule has 1 aromatic rings. The Morgan fingerprint density at radius 2 is 2.35 bits per heavy atom. The van der Waals surface area contributed by atoms with Gasteiger partial charge in [0.25, 0.3) is 11.8 Å². The summed E-state index contributed by atoms with van der Waals surface area (Å²) in [5.41, 5.74) is 5.60. The molecule has 1 fully saturated rings. The lowest BCUT2D eigenvalue weighted by Crippen LogP contribution is -2.27. The van der Waals surface area contributed by atoms with Crippen LogP contribution in [-0.2, 0) is 9.53 Å². The minimum absolute atomic E-state index is 0.202. The standard InChI is InChI=1S/C11H14N2O3S/c1-6-5-7(9(12)14)11(17-6)13-10(15)8-3-2-4-16-8/h5,8H,2-4H2,1H3,(H2,12,14)(H,13,15). The third-order valence-corrected chi connectivity index (χ3v) is 3.55. The van der Waals surface area contributed by atoms with E-state index < -0.39 is 12.0 Å². The number of anilines is 1. The van der Waals surface area contributed by atoms with Crippen molar-refractivity contribution in [2.75, 3.05) is 11.9 Å². The van der Waals surface area contributed by atoms with Gasteiger partial charge in [0.2, 0.25) is 0 Å². The van der Waals surface area contributed by atoms with Crippen LogP contribution in [0.5, 0.6) is 0 Å². The Morgan fingerprint density at radius 3 is 2.94 bits per heavy atom. The van der Waals surface area contributed by atoms with Crippen LogP contribution >= 0.6 is 11.3 Å². The summed E-state index contributed by atoms with van der Waals surface area (Å²) in [7, 11) is 0. The van der Waals surface area contributed by atoms with E-state index in [1.807, 2.05) is 6.92 Å². The summed E-state index contributed by atoms with van der Waals surface area (Å²) in [5.74, 6) is -0.733. The van der Waals surface area contributed by atoms with Gasteiger partial charge in [-0.3, -0.25) is 9.59 Å². The minimum atomic E-state index is -0.531. The summed E-state index contributed by atoms with van der Waals surface area (Å²) in [6, 6.07) is 1.68. The predicted octanol–water partition coefficient (Wildman–Crippen LogP) is 1.27. The first-order chi connectivity index (χ1) is 8.08. The van der Waals surface area contributed by atoms with Gasteiger partial charge in [-0.05, 0) is 25.8 Å². The third-order valence-electron chi connectivity index (χ3n) is 2.58. The van der Waals surface area contributed by atoms with Gasteiger partial charge in [-0.15, -0.1) is 11.3 Å². The zero-order valence-corrected chi connectivity index (χ0v) is 10.3. The van der Waals surface area contributed by atoms with Gasteiger partial charge in [0.05, 0.1) is 5.56 Å². The fraction of sp³-hybridized carbons (Fsp3) is 0.455. The van der Waals surface area contributed by atoms with Crippen LogP contribution in [0.15, 0.2) is 6.07 Å². The average molecular weight is 254 g/mol. The Bertz CT molecular complexity index is 450. The Labute approximate surface area is 103 Å². The maximum Gasteiger partial charge on any atom is 0.254 e. The van der Waals surface area contributed by atoms with Crippen molar-refractivity contribution in [3.63, 3.8) is 0 Å². The molecule has 0 saturated carbocycles. The van der Waals surface area contributed by atoms with Crippen LogP contribution in [0.4, 0.5) is 5.00 Å². The Morgan fingerprint density at radius 1 is 1.59 bits per heavy atom. The van der Waals surface area contributed by atoms with Crippen LogP contribution in [0.1, 0.15) is 28.1 Å². The number of rotatable bonds is 3. The van der Waals surface area contributed by atoms with Crippen LogP contribution in [0, 0.1) is 6.92 Å². The number of nitrogens with one attached hydrogen (secondary N) is 1. The molecule has 92 valence electrons. The topological polar surface area (TPSA) is 81.4 Å². The van der Waals surface area contributed by atoms with Crippen molar-refractivity contribution in [2.45, 2.75) is 25.9 Å². The van der Waals surface area contributed by atoms with Gasteiger partial charge in [-0.2, -0.15) is 0 Å². The van der Waals surface area contributed by atoms with Gasteiger partial charge in [0, 0.05) is 11.5 Å². The van der Waals surface area contributed by atoms with Gasteiger partial charge in [0.15, 0.2) is 0 Å². The van der Waals surface area contributed by atoms with E-state index in [2.05, 4.69) is 5.32 Å². The molecule has 0 radical (unpaired) electrons. The van der Waals surface area contributed by atoms with Crippen molar-refractivity contribution in [3.8, 4) is 0 Å². The van der Waals surface area contributed by atoms with Crippen LogP contribution < -0.4 is 11.1 Å². The first-order valence-corrected chi connectivity index (χ1v) is 6.22. The maximum atomic E-state index is 11.8. The SMILES string of the molecule is Cc1cc(C(N)=O)c(NC(=O)C2CCCO2)s1. The second-order valence-corrected chi connectivity index (χ2v) is 5.21. The first kappa shape index (κ1) is 12.1. The van der Waals surface area contributed by atoms with Gasteiger partial charge < -0.3 is 15.8 Å². The smallest absolute Gasteiger partial charge is 0.254 e. The highest BCUT2D eigenvalue weighted by Gasteiger charge is 2.25. The number of thiophene rings is 1. The zero-order chi connectivity index (χ0) is 12.4. The monoisotopic (exact) mass is 254 g/mol. The maximum absolute atomic E-state index is 11.8. The van der Waals surface area contributed by atoms with Crippen molar-refractivity contribution in [3.05, 3.63) is 16.5 Å². The lowest BCUT2D eigenvalue weighted by Gasteiger charge is -2.09. The number of carbonyl (C=O) groups is 2. The second-order valence-electron chi connectivity index (χ2n) is 3.96. The number of primary amides is 1. The highest BCUT2D eigenvalue weighted by Crippen LogP contribution is 2.28. The molecule has 17 heavy (non-hydrogen) atoms. The van der Waals surface area contributed by atoms with Crippen molar-refractivity contribution < 1.29 is 14.3 Å². The fourth-order valence-electron chi connectivity index (χ4n) is 1.77. The van der Waals surface area contributed by atoms with Crippen molar-refractivity contribution in [2.24, 2.45) is 5.73 Å². The molecule has 1 saturated heterocycles. The summed E-state index contributed by atoms with van der Waals surface area (Å²) >= 11 is 1.34. The first-order valence-electron chi connectivity index (χ1n) is 5.40. The molecule has 2 heterocycles. The molecular weight excluding hydrogens is 240 g/mol. The molecule has 2 rings (SSSR count). The van der Waals surface area contributed by atoms with E-state index in [1.54, 1.807) is 6.07 Å². The van der Waals surface area contributed by atoms with Gasteiger partial charge in [0.1, 0.15) is 11.1 Å². The van der Waals surface area contributed by atoms with E-state index in [4.69, 9.17) is 10.5 Å². The van der Waals surface area contributed by atoms with Gasteiger partial charge in [-0.1, -0.05) is 0 Å². The van der Waals surface area contributed by atoms with Crippen molar-refractivity contribution in [1.29, 1.82) is 0 Å². The number of hydrogen-bond acceptors (Lipinski definition) is 4. The summed E-state index contributed by atoms with van der Waals surface area (Å²) in [4.78, 5) is 23.9. The molecule has 5 nitrogen and oxygen atoms in total. The molecule has 1 aliphatic rings. The van der Waals surface area contributed by atoms with Gasteiger partial charge >= 0.3 is 0 Å². The minimum Gasteiger partial charge on any atom is -0.368 e. The summed E-state index contributed by atoms with van der Waals surface area (Å²) in [6.07, 6.45) is 1.21. The number of aryl methyl sites for hydroxylation is 1. The summed E-state index contributed by atoms with van der Waals surface area (Å²) in [5, 5.41) is 3.22. The predicted molar refractivity (Wildman–Crippen MR) is 65.2 cm³/mol. The van der Waals surface area contributed by atoms with E-state index in [9.17, 15) is 9.59 Å². The molecule has 0 spiro atoms. The molecule has 1 atom stereocenters. The van der Waals surface area contributed by atoms with Crippen molar-refractivity contribution in [1.82, 2.24) is 0 Å². The summed E-state index contributed by atoms with van der Waals surface area (Å²) in [6.45, 7) is 2.48. The second kappa shape index (κ2) is 4.85. The number of nitrogens with two attached hydrogens (primary N) is 1. The number of hydrogen-bond donors (Lipinski definition) is 2. The van der Waals surface area contributed by atoms with E-state index in [1.165, 1.54) is 11.3 Å². The van der Waals surface area contributed by atoms with E-state index in [0.29, 0.717) is 17.2 Å². The quantitative estimate of drug-likeness (QED) is 0.852.